The number of nitrogens with one attached hydrogen (secondary N) is 1. The third-order valence-electron chi connectivity index (χ3n) is 2.35. The molecule has 0 saturated carbocycles. The average Bonchev–Trinajstić information content (AvgIpc) is 2.58. The quantitative estimate of drug-likeness (QED) is 0.544. The molecule has 0 amide bonds. The zero-order valence-electron chi connectivity index (χ0n) is 6.00. The van der Waals surface area contributed by atoms with E-state index < -0.39 is 0 Å². The van der Waals surface area contributed by atoms with Gasteiger partial charge in [0.05, 0.1) is 6.61 Å². The van der Waals surface area contributed by atoms with Gasteiger partial charge < -0.3 is 10.1 Å². The second-order valence-corrected chi connectivity index (χ2v) is 3.10. The van der Waals surface area contributed by atoms with Crippen molar-refractivity contribution in [2.24, 2.45) is 4.99 Å². The molecular weight excluding hydrogens is 140 g/mol. The lowest BCUT2D eigenvalue weighted by Crippen LogP contribution is -2.38. The van der Waals surface area contributed by atoms with Crippen LogP contribution in [0.2, 0.25) is 0 Å². The predicted molar refractivity (Wildman–Crippen MR) is 41.1 cm³/mol. The van der Waals surface area contributed by atoms with E-state index in [-0.39, 0.29) is 5.60 Å². The monoisotopic (exact) mass is 148 g/mol. The summed E-state index contributed by atoms with van der Waals surface area (Å²) in [4.78, 5) is 4.26. The first-order chi connectivity index (χ1) is 5.39. The van der Waals surface area contributed by atoms with Crippen LogP contribution in [0.4, 0.5) is 0 Å². The fourth-order valence-corrected chi connectivity index (χ4v) is 1.76. The van der Waals surface area contributed by atoms with Gasteiger partial charge in [0.25, 0.3) is 0 Å². The Morgan fingerprint density at radius 1 is 1.64 bits per heavy atom. The van der Waals surface area contributed by atoms with Gasteiger partial charge in [0.2, 0.25) is 0 Å². The molecule has 1 N–H and O–H groups in total. The third kappa shape index (κ3) is 0.546. The van der Waals surface area contributed by atoms with Crippen molar-refractivity contribution in [2.75, 3.05) is 6.61 Å². The Morgan fingerprint density at radius 2 is 2.64 bits per heavy atom. The van der Waals surface area contributed by atoms with Crippen LogP contribution in [-0.4, -0.2) is 18.0 Å². The van der Waals surface area contributed by atoms with Crippen LogP contribution < -0.4 is 5.32 Å². The number of hydrogen-bond acceptors (Lipinski definition) is 3. The number of aliphatic imine (C=N–C) groups is 1. The summed E-state index contributed by atoms with van der Waals surface area (Å²) >= 11 is 0. The molecule has 11 heavy (non-hydrogen) atoms. The van der Waals surface area contributed by atoms with Gasteiger partial charge in [0.15, 0.2) is 0 Å². The minimum atomic E-state index is -0.204. The maximum absolute atomic E-state index is 5.64. The van der Waals surface area contributed by atoms with E-state index in [0.29, 0.717) is 0 Å². The van der Waals surface area contributed by atoms with Gasteiger partial charge in [-0.15, -0.1) is 0 Å². The molecule has 2 bridgehead atoms. The van der Waals surface area contributed by atoms with Gasteiger partial charge in [0.1, 0.15) is 11.4 Å². The molecule has 0 aromatic carbocycles. The molecule has 56 valence electrons. The van der Waals surface area contributed by atoms with Gasteiger partial charge in [-0.3, -0.25) is 0 Å². The van der Waals surface area contributed by atoms with Crippen molar-refractivity contribution in [2.45, 2.75) is 12.0 Å². The summed E-state index contributed by atoms with van der Waals surface area (Å²) in [7, 11) is 0. The molecule has 3 aliphatic rings. The Balaban J connectivity index is 2.19. The Bertz CT molecular complexity index is 303. The van der Waals surface area contributed by atoms with Crippen molar-refractivity contribution in [1.29, 1.82) is 0 Å². The zero-order chi connectivity index (χ0) is 7.31. The number of fused-ring (bicyclic) bond motifs is 1. The number of ether oxygens (including phenoxy) is 1. The summed E-state index contributed by atoms with van der Waals surface area (Å²) in [6.07, 6.45) is 6.84. The van der Waals surface area contributed by atoms with E-state index in [1.165, 1.54) is 5.57 Å². The van der Waals surface area contributed by atoms with Crippen LogP contribution in [0.1, 0.15) is 6.42 Å². The SMILES string of the molecule is C1=CC23CC(=CN=C2N1)CO3. The van der Waals surface area contributed by atoms with E-state index in [0.717, 1.165) is 18.9 Å². The molecule has 3 heteroatoms. The van der Waals surface area contributed by atoms with E-state index in [1.54, 1.807) is 0 Å². The fourth-order valence-electron chi connectivity index (χ4n) is 1.76. The van der Waals surface area contributed by atoms with Gasteiger partial charge in [-0.1, -0.05) is 0 Å². The molecule has 1 unspecified atom stereocenters. The molecule has 0 aliphatic carbocycles. The Hall–Kier alpha value is -1.09. The molecule has 0 aromatic rings. The summed E-state index contributed by atoms with van der Waals surface area (Å²) in [5.41, 5.74) is 1.09. The highest BCUT2D eigenvalue weighted by Gasteiger charge is 2.44. The maximum Gasteiger partial charge on any atom is 0.149 e. The molecule has 1 saturated heterocycles. The van der Waals surface area contributed by atoms with Gasteiger partial charge in [-0.2, -0.15) is 0 Å². The highest BCUT2D eigenvalue weighted by molar-refractivity contribution is 5.97. The molecule has 3 heterocycles. The Kier molecular flexibility index (Phi) is 0.786. The maximum atomic E-state index is 5.64. The molecule has 1 atom stereocenters. The van der Waals surface area contributed by atoms with E-state index in [2.05, 4.69) is 10.3 Å². The zero-order valence-corrected chi connectivity index (χ0v) is 6.00. The Labute approximate surface area is 64.5 Å². The van der Waals surface area contributed by atoms with E-state index in [4.69, 9.17) is 4.74 Å². The molecule has 0 aromatic heterocycles. The minimum absolute atomic E-state index is 0.204. The van der Waals surface area contributed by atoms with Crippen LogP contribution in [0.25, 0.3) is 0 Å². The third-order valence-corrected chi connectivity index (χ3v) is 2.35. The fraction of sp³-hybridized carbons (Fsp3) is 0.375. The summed E-state index contributed by atoms with van der Waals surface area (Å²) in [6.45, 7) is 0.735. The van der Waals surface area contributed by atoms with Crippen molar-refractivity contribution >= 4 is 5.84 Å². The summed E-state index contributed by atoms with van der Waals surface area (Å²) < 4.78 is 5.64. The number of rotatable bonds is 0. The molecule has 3 aliphatic heterocycles. The number of hydrogen-bond donors (Lipinski definition) is 1. The smallest absolute Gasteiger partial charge is 0.149 e. The first-order valence-corrected chi connectivity index (χ1v) is 3.73. The van der Waals surface area contributed by atoms with Crippen LogP contribution in [0.5, 0.6) is 0 Å². The lowest BCUT2D eigenvalue weighted by molar-refractivity contribution is 0.105. The van der Waals surface area contributed by atoms with Gasteiger partial charge in [0, 0.05) is 18.8 Å². The van der Waals surface area contributed by atoms with Crippen molar-refractivity contribution in [3.8, 4) is 0 Å². The standard InChI is InChI=1S/C8H8N2O/c1-2-9-7-8(1)3-6(4-10-7)5-11-8/h1-2,4H,3,5H2,(H,9,10). The second-order valence-electron chi connectivity index (χ2n) is 3.10. The summed E-state index contributed by atoms with van der Waals surface area (Å²) in [6, 6.07) is 0. The largest absolute Gasteiger partial charge is 0.358 e. The van der Waals surface area contributed by atoms with E-state index in [9.17, 15) is 0 Å². The Morgan fingerprint density at radius 3 is 3.64 bits per heavy atom. The van der Waals surface area contributed by atoms with Crippen LogP contribution in [0.3, 0.4) is 0 Å². The van der Waals surface area contributed by atoms with Gasteiger partial charge in [-0.25, -0.2) is 4.99 Å². The number of nitrogens with zero attached hydrogens (tertiary/aromatic N) is 1. The highest BCUT2D eigenvalue weighted by atomic mass is 16.5. The number of amidine groups is 1. The highest BCUT2D eigenvalue weighted by Crippen LogP contribution is 2.36. The van der Waals surface area contributed by atoms with E-state index >= 15 is 0 Å². The molecular formula is C8H8N2O. The van der Waals surface area contributed by atoms with Crippen LogP contribution in [-0.2, 0) is 4.74 Å². The molecule has 1 spiro atoms. The van der Waals surface area contributed by atoms with Crippen molar-refractivity contribution < 1.29 is 4.74 Å². The van der Waals surface area contributed by atoms with Crippen LogP contribution >= 0.6 is 0 Å². The van der Waals surface area contributed by atoms with Crippen LogP contribution in [0, 0.1) is 0 Å². The van der Waals surface area contributed by atoms with Crippen molar-refractivity contribution in [3.63, 3.8) is 0 Å². The topological polar surface area (TPSA) is 33.6 Å². The molecule has 3 nitrogen and oxygen atoms in total. The average molecular weight is 148 g/mol. The first-order valence-electron chi connectivity index (χ1n) is 3.73. The summed E-state index contributed by atoms with van der Waals surface area (Å²) in [5.74, 6) is 0.943. The van der Waals surface area contributed by atoms with Gasteiger partial charge in [-0.05, 0) is 11.6 Å². The first kappa shape index (κ1) is 5.55. The van der Waals surface area contributed by atoms with Crippen LogP contribution in [0.15, 0.2) is 29.0 Å². The second kappa shape index (κ2) is 1.56. The van der Waals surface area contributed by atoms with Crippen molar-refractivity contribution in [1.82, 2.24) is 5.32 Å². The lowest BCUT2D eigenvalue weighted by Gasteiger charge is -2.21. The predicted octanol–water partition coefficient (Wildman–Crippen LogP) is 0.558. The van der Waals surface area contributed by atoms with Crippen molar-refractivity contribution in [3.05, 3.63) is 24.0 Å². The molecule has 3 rings (SSSR count). The minimum Gasteiger partial charge on any atom is -0.358 e. The van der Waals surface area contributed by atoms with E-state index in [1.807, 2.05) is 18.5 Å². The normalized spacial score (nSPS) is 37.8. The summed E-state index contributed by atoms with van der Waals surface area (Å²) in [5, 5.41) is 3.08. The molecule has 0 radical (unpaired) electrons. The lowest BCUT2D eigenvalue weighted by atomic mass is 9.97. The molecule has 1 fully saturated rings. The van der Waals surface area contributed by atoms with Gasteiger partial charge >= 0.3 is 0 Å².